The SMILES string of the molecule is CN1CCCC(Oc2ccccc2-c2cnn(C)c2N)C1. The van der Waals surface area contributed by atoms with Gasteiger partial charge in [0.05, 0.1) is 6.20 Å². The van der Waals surface area contributed by atoms with E-state index in [1.54, 1.807) is 10.9 Å². The molecular formula is C16H22N4O. The van der Waals surface area contributed by atoms with E-state index in [4.69, 9.17) is 10.5 Å². The number of nitrogens with zero attached hydrogens (tertiary/aromatic N) is 3. The molecule has 5 heteroatoms. The van der Waals surface area contributed by atoms with E-state index in [1.807, 2.05) is 31.3 Å². The lowest BCUT2D eigenvalue weighted by molar-refractivity contribution is 0.105. The van der Waals surface area contributed by atoms with Gasteiger partial charge in [0, 0.05) is 24.7 Å². The van der Waals surface area contributed by atoms with Crippen LogP contribution in [0.1, 0.15) is 12.8 Å². The summed E-state index contributed by atoms with van der Waals surface area (Å²) in [5, 5.41) is 4.22. The summed E-state index contributed by atoms with van der Waals surface area (Å²) in [7, 11) is 3.99. The largest absolute Gasteiger partial charge is 0.488 e. The van der Waals surface area contributed by atoms with Crippen molar-refractivity contribution >= 4 is 5.82 Å². The number of nitrogens with two attached hydrogens (primary N) is 1. The highest BCUT2D eigenvalue weighted by Gasteiger charge is 2.20. The van der Waals surface area contributed by atoms with Crippen LogP contribution in [0.25, 0.3) is 11.1 Å². The van der Waals surface area contributed by atoms with Crippen LogP contribution >= 0.6 is 0 Å². The Morgan fingerprint density at radius 2 is 2.05 bits per heavy atom. The Morgan fingerprint density at radius 1 is 1.24 bits per heavy atom. The van der Waals surface area contributed by atoms with E-state index in [1.165, 1.54) is 6.42 Å². The van der Waals surface area contributed by atoms with E-state index >= 15 is 0 Å². The Morgan fingerprint density at radius 3 is 2.76 bits per heavy atom. The van der Waals surface area contributed by atoms with Gasteiger partial charge in [-0.2, -0.15) is 5.10 Å². The number of para-hydroxylation sites is 1. The third-order valence-electron chi connectivity index (χ3n) is 4.04. The molecule has 2 N–H and O–H groups in total. The number of rotatable bonds is 3. The normalized spacial score (nSPS) is 19.6. The van der Waals surface area contributed by atoms with Crippen LogP contribution in [0.4, 0.5) is 5.82 Å². The Labute approximate surface area is 125 Å². The second kappa shape index (κ2) is 5.77. The molecule has 5 nitrogen and oxygen atoms in total. The number of anilines is 1. The first-order valence-corrected chi connectivity index (χ1v) is 7.37. The molecule has 1 unspecified atom stereocenters. The van der Waals surface area contributed by atoms with Crippen molar-refractivity contribution < 1.29 is 4.74 Å². The summed E-state index contributed by atoms with van der Waals surface area (Å²) < 4.78 is 7.92. The number of hydrogen-bond acceptors (Lipinski definition) is 4. The average Bonchev–Trinajstić information content (AvgIpc) is 2.80. The molecule has 1 aromatic heterocycles. The highest BCUT2D eigenvalue weighted by Crippen LogP contribution is 2.34. The third-order valence-corrected chi connectivity index (χ3v) is 4.04. The number of aryl methyl sites for hydroxylation is 1. The van der Waals surface area contributed by atoms with Crippen molar-refractivity contribution in [3.05, 3.63) is 30.5 Å². The maximum atomic E-state index is 6.24. The van der Waals surface area contributed by atoms with Gasteiger partial charge in [-0.1, -0.05) is 18.2 Å². The number of aromatic nitrogens is 2. The van der Waals surface area contributed by atoms with E-state index in [0.717, 1.165) is 36.4 Å². The molecule has 1 aromatic carbocycles. The van der Waals surface area contributed by atoms with Gasteiger partial charge in [0.15, 0.2) is 0 Å². The van der Waals surface area contributed by atoms with E-state index in [-0.39, 0.29) is 6.10 Å². The number of likely N-dealkylation sites (tertiary alicyclic amines) is 1. The first-order chi connectivity index (χ1) is 10.1. The zero-order valence-corrected chi connectivity index (χ0v) is 12.6. The fraction of sp³-hybridized carbons (Fsp3) is 0.438. The van der Waals surface area contributed by atoms with E-state index < -0.39 is 0 Å². The predicted octanol–water partition coefficient (Wildman–Crippen LogP) is 2.14. The third kappa shape index (κ3) is 2.88. The lowest BCUT2D eigenvalue weighted by Gasteiger charge is -2.30. The fourth-order valence-electron chi connectivity index (χ4n) is 2.84. The highest BCUT2D eigenvalue weighted by atomic mass is 16.5. The number of benzene rings is 1. The summed E-state index contributed by atoms with van der Waals surface area (Å²) >= 11 is 0. The fourth-order valence-corrected chi connectivity index (χ4v) is 2.84. The topological polar surface area (TPSA) is 56.3 Å². The van der Waals surface area contributed by atoms with Gasteiger partial charge in [-0.05, 0) is 32.5 Å². The predicted molar refractivity (Wildman–Crippen MR) is 84.2 cm³/mol. The average molecular weight is 286 g/mol. The summed E-state index contributed by atoms with van der Waals surface area (Å²) in [6.07, 6.45) is 4.31. The molecule has 2 aromatic rings. The van der Waals surface area contributed by atoms with Crippen molar-refractivity contribution in [1.82, 2.24) is 14.7 Å². The minimum atomic E-state index is 0.239. The van der Waals surface area contributed by atoms with Crippen LogP contribution in [0.2, 0.25) is 0 Å². The first kappa shape index (κ1) is 13.9. The van der Waals surface area contributed by atoms with Gasteiger partial charge in [-0.3, -0.25) is 4.68 Å². The molecule has 3 rings (SSSR count). The van der Waals surface area contributed by atoms with Crippen LogP contribution < -0.4 is 10.5 Å². The smallest absolute Gasteiger partial charge is 0.129 e. The number of ether oxygens (including phenoxy) is 1. The Kier molecular flexibility index (Phi) is 3.84. The second-order valence-corrected chi connectivity index (χ2v) is 5.71. The van der Waals surface area contributed by atoms with Gasteiger partial charge in [0.2, 0.25) is 0 Å². The van der Waals surface area contributed by atoms with E-state index in [0.29, 0.717) is 5.82 Å². The van der Waals surface area contributed by atoms with E-state index in [9.17, 15) is 0 Å². The Bertz CT molecular complexity index is 622. The monoisotopic (exact) mass is 286 g/mol. The highest BCUT2D eigenvalue weighted by molar-refractivity contribution is 5.78. The zero-order chi connectivity index (χ0) is 14.8. The molecule has 112 valence electrons. The maximum Gasteiger partial charge on any atom is 0.129 e. The molecule has 0 spiro atoms. The van der Waals surface area contributed by atoms with Crippen molar-refractivity contribution in [3.8, 4) is 16.9 Å². The number of piperidine rings is 1. The number of hydrogen-bond donors (Lipinski definition) is 1. The van der Waals surface area contributed by atoms with Crippen molar-refractivity contribution in [3.63, 3.8) is 0 Å². The molecule has 2 heterocycles. The van der Waals surface area contributed by atoms with Crippen molar-refractivity contribution in [2.24, 2.45) is 7.05 Å². The summed E-state index contributed by atoms with van der Waals surface area (Å²) in [5.41, 5.74) is 8.03. The van der Waals surface area contributed by atoms with Crippen LogP contribution in [-0.2, 0) is 7.05 Å². The van der Waals surface area contributed by atoms with Crippen LogP contribution in [0.5, 0.6) is 5.75 Å². The van der Waals surface area contributed by atoms with Crippen molar-refractivity contribution in [2.75, 3.05) is 25.9 Å². The van der Waals surface area contributed by atoms with Crippen molar-refractivity contribution in [2.45, 2.75) is 18.9 Å². The van der Waals surface area contributed by atoms with Crippen LogP contribution in [0.3, 0.4) is 0 Å². The number of likely N-dealkylation sites (N-methyl/N-ethyl adjacent to an activating group) is 1. The molecule has 1 atom stereocenters. The lowest BCUT2D eigenvalue weighted by Crippen LogP contribution is -2.38. The van der Waals surface area contributed by atoms with Gasteiger partial charge in [0.1, 0.15) is 17.7 Å². The van der Waals surface area contributed by atoms with Crippen LogP contribution in [0.15, 0.2) is 30.5 Å². The minimum absolute atomic E-state index is 0.239. The molecule has 0 radical (unpaired) electrons. The first-order valence-electron chi connectivity index (χ1n) is 7.37. The molecule has 21 heavy (non-hydrogen) atoms. The second-order valence-electron chi connectivity index (χ2n) is 5.71. The Hall–Kier alpha value is -2.01. The summed E-state index contributed by atoms with van der Waals surface area (Å²) in [5.74, 6) is 1.55. The van der Waals surface area contributed by atoms with Crippen LogP contribution in [0, 0.1) is 0 Å². The molecule has 0 amide bonds. The van der Waals surface area contributed by atoms with Crippen LogP contribution in [-0.4, -0.2) is 40.9 Å². The molecule has 0 bridgehead atoms. The standard InChI is InChI=1S/C16H22N4O/c1-19-9-5-6-12(11-19)21-15-8-4-3-7-13(15)14-10-18-20(2)16(14)17/h3-4,7-8,10,12H,5-6,9,11,17H2,1-2H3. The van der Waals surface area contributed by atoms with Gasteiger partial charge in [0.25, 0.3) is 0 Å². The molecule has 0 aliphatic carbocycles. The van der Waals surface area contributed by atoms with Gasteiger partial charge in [-0.15, -0.1) is 0 Å². The molecule has 1 aliphatic rings. The summed E-state index contributed by atoms with van der Waals surface area (Å²) in [6, 6.07) is 8.05. The lowest BCUT2D eigenvalue weighted by atomic mass is 10.1. The summed E-state index contributed by atoms with van der Waals surface area (Å²) in [6.45, 7) is 2.12. The van der Waals surface area contributed by atoms with Gasteiger partial charge in [-0.25, -0.2) is 0 Å². The Balaban J connectivity index is 1.88. The maximum absolute atomic E-state index is 6.24. The minimum Gasteiger partial charge on any atom is -0.488 e. The quantitative estimate of drug-likeness (QED) is 0.939. The van der Waals surface area contributed by atoms with E-state index in [2.05, 4.69) is 17.0 Å². The van der Waals surface area contributed by atoms with Gasteiger partial charge >= 0.3 is 0 Å². The molecule has 1 aliphatic heterocycles. The number of nitrogen functional groups attached to an aromatic ring is 1. The van der Waals surface area contributed by atoms with Crippen molar-refractivity contribution in [1.29, 1.82) is 0 Å². The molecule has 1 saturated heterocycles. The zero-order valence-electron chi connectivity index (χ0n) is 12.6. The summed E-state index contributed by atoms with van der Waals surface area (Å²) in [4.78, 5) is 2.31. The molecule has 1 fully saturated rings. The van der Waals surface area contributed by atoms with Gasteiger partial charge < -0.3 is 15.4 Å². The molecular weight excluding hydrogens is 264 g/mol. The molecule has 0 saturated carbocycles.